The molecule has 0 N–H and O–H groups in total. The van der Waals surface area contributed by atoms with Gasteiger partial charge in [0.05, 0.1) is 28.4 Å². The van der Waals surface area contributed by atoms with E-state index in [9.17, 15) is 0 Å². The number of rotatable bonds is 22. The van der Waals surface area contributed by atoms with Crippen LogP contribution in [0.4, 0.5) is 0 Å². The van der Waals surface area contributed by atoms with Gasteiger partial charge in [-0.3, -0.25) is 0 Å². The maximum atomic E-state index is 5.28. The Morgan fingerprint density at radius 1 is 0.365 bits per heavy atom. The minimum Gasteiger partial charge on any atom is -0.497 e. The van der Waals surface area contributed by atoms with Crippen molar-refractivity contribution in [3.05, 3.63) is 119 Å². The molecule has 0 unspecified atom stereocenters. The van der Waals surface area contributed by atoms with Crippen LogP contribution in [0.25, 0.3) is 0 Å². The zero-order valence-corrected chi connectivity index (χ0v) is 37.5. The molecular weight excluding hydrogens is 912 g/mol. The molecule has 4 aromatic carbocycles. The summed E-state index contributed by atoms with van der Waals surface area (Å²) in [5.41, 5.74) is 5.50. The topological polar surface area (TPSA) is 36.9 Å². The maximum absolute atomic E-state index is 5.28. The summed E-state index contributed by atoms with van der Waals surface area (Å²) < 4.78 is 21.1. The standard InChI is InChI=1S/2C22H28Br2O2/c2*1-25-21-9-5-17(6-10-21)14-19(4-3-13-23)20(16-24)15-18-7-11-22(26-2)12-8-18/h2*5-12,19-20H,3-4,13-16H2,1-2H3/t2*19-,20+/m10/s1. The Kier molecular flexibility index (Phi) is 22.1. The largest absolute Gasteiger partial charge is 0.497 e. The number of alkyl halides is 4. The lowest BCUT2D eigenvalue weighted by molar-refractivity contribution is 0.336. The van der Waals surface area contributed by atoms with E-state index in [1.165, 1.54) is 47.9 Å². The molecule has 0 aromatic heterocycles. The van der Waals surface area contributed by atoms with E-state index in [0.717, 1.165) is 70.0 Å². The third-order valence-electron chi connectivity index (χ3n) is 9.77. The van der Waals surface area contributed by atoms with Gasteiger partial charge < -0.3 is 18.9 Å². The Labute approximate surface area is 347 Å². The van der Waals surface area contributed by atoms with Crippen molar-refractivity contribution < 1.29 is 18.9 Å². The van der Waals surface area contributed by atoms with Crippen LogP contribution < -0.4 is 18.9 Å². The molecule has 0 heterocycles. The van der Waals surface area contributed by atoms with Crippen LogP contribution in [-0.4, -0.2) is 49.8 Å². The molecule has 0 aliphatic heterocycles. The van der Waals surface area contributed by atoms with Gasteiger partial charge in [-0.05, 0) is 146 Å². The van der Waals surface area contributed by atoms with Crippen molar-refractivity contribution in [3.63, 3.8) is 0 Å². The molecule has 284 valence electrons. The van der Waals surface area contributed by atoms with Gasteiger partial charge >= 0.3 is 0 Å². The molecule has 0 aliphatic carbocycles. The second kappa shape index (κ2) is 25.9. The number of halogens is 4. The second-order valence-electron chi connectivity index (χ2n) is 13.2. The Morgan fingerprint density at radius 2 is 0.596 bits per heavy atom. The quantitative estimate of drug-likeness (QED) is 0.0736. The predicted molar refractivity (Wildman–Crippen MR) is 234 cm³/mol. The molecule has 0 bridgehead atoms. The fourth-order valence-electron chi connectivity index (χ4n) is 6.64. The summed E-state index contributed by atoms with van der Waals surface area (Å²) in [4.78, 5) is 0. The highest BCUT2D eigenvalue weighted by molar-refractivity contribution is 9.09. The van der Waals surface area contributed by atoms with Gasteiger partial charge in [-0.1, -0.05) is 112 Å². The van der Waals surface area contributed by atoms with Crippen LogP contribution in [0.3, 0.4) is 0 Å². The van der Waals surface area contributed by atoms with Gasteiger partial charge in [0.25, 0.3) is 0 Å². The van der Waals surface area contributed by atoms with Crippen LogP contribution in [0.1, 0.15) is 47.9 Å². The molecule has 0 aliphatic rings. The van der Waals surface area contributed by atoms with Crippen LogP contribution >= 0.6 is 63.7 Å². The van der Waals surface area contributed by atoms with Crippen LogP contribution in [-0.2, 0) is 25.7 Å². The molecule has 4 atom stereocenters. The van der Waals surface area contributed by atoms with Gasteiger partial charge in [-0.15, -0.1) is 0 Å². The van der Waals surface area contributed by atoms with Crippen LogP contribution in [0, 0.1) is 23.7 Å². The lowest BCUT2D eigenvalue weighted by Crippen LogP contribution is -2.21. The third-order valence-corrected chi connectivity index (χ3v) is 12.6. The molecule has 0 spiro atoms. The molecule has 4 aromatic rings. The Balaban J connectivity index is 0.000000280. The number of hydrogen-bond donors (Lipinski definition) is 0. The van der Waals surface area contributed by atoms with E-state index in [1.807, 2.05) is 0 Å². The summed E-state index contributed by atoms with van der Waals surface area (Å²) in [6.45, 7) is 0. The van der Waals surface area contributed by atoms with Gasteiger partial charge in [0.15, 0.2) is 0 Å². The second-order valence-corrected chi connectivity index (χ2v) is 16.1. The summed E-state index contributed by atoms with van der Waals surface area (Å²) in [6, 6.07) is 34.0. The summed E-state index contributed by atoms with van der Waals surface area (Å²) in [7, 11) is 6.84. The van der Waals surface area contributed by atoms with Crippen molar-refractivity contribution in [2.24, 2.45) is 23.7 Å². The molecule has 0 fully saturated rings. The molecule has 0 amide bonds. The summed E-state index contributed by atoms with van der Waals surface area (Å²) >= 11 is 14.7. The highest BCUT2D eigenvalue weighted by atomic mass is 79.9. The Hall–Kier alpha value is -2.00. The first-order chi connectivity index (χ1) is 25.4. The summed E-state index contributed by atoms with van der Waals surface area (Å²) in [5, 5.41) is 4.15. The number of hydrogen-bond acceptors (Lipinski definition) is 4. The normalized spacial score (nSPS) is 13.2. The maximum Gasteiger partial charge on any atom is 0.118 e. The fourth-order valence-corrected chi connectivity index (χ4v) is 8.80. The van der Waals surface area contributed by atoms with E-state index in [4.69, 9.17) is 18.9 Å². The van der Waals surface area contributed by atoms with E-state index < -0.39 is 0 Å². The zero-order valence-electron chi connectivity index (χ0n) is 31.2. The average molecular weight is 969 g/mol. The molecule has 8 heteroatoms. The smallest absolute Gasteiger partial charge is 0.118 e. The zero-order chi connectivity index (χ0) is 37.6. The number of methoxy groups -OCH3 is 4. The molecule has 0 saturated carbocycles. The van der Waals surface area contributed by atoms with Crippen molar-refractivity contribution in [1.29, 1.82) is 0 Å². The highest BCUT2D eigenvalue weighted by Gasteiger charge is 2.23. The van der Waals surface area contributed by atoms with Crippen LogP contribution in [0.15, 0.2) is 97.1 Å². The SMILES string of the molecule is COc1ccc(C[C@@H](CBr)[C@H](CCCBr)Cc2ccc(OC)cc2)cc1.COc1ccc(C[C@H](CBr)[C@@H](CCCBr)Cc2ccc(OC)cc2)cc1. The summed E-state index contributed by atoms with van der Waals surface area (Å²) in [6.07, 6.45) is 9.22. The van der Waals surface area contributed by atoms with Gasteiger partial charge in [0.2, 0.25) is 0 Å². The van der Waals surface area contributed by atoms with Crippen LogP contribution in [0.2, 0.25) is 0 Å². The van der Waals surface area contributed by atoms with Crippen molar-refractivity contribution in [3.8, 4) is 23.0 Å². The first-order valence-corrected chi connectivity index (χ1v) is 22.6. The minimum absolute atomic E-state index is 0.601. The lowest BCUT2D eigenvalue weighted by Gasteiger charge is -2.26. The van der Waals surface area contributed by atoms with Crippen molar-refractivity contribution in [2.75, 3.05) is 49.8 Å². The van der Waals surface area contributed by atoms with E-state index in [1.54, 1.807) is 28.4 Å². The molecule has 0 saturated heterocycles. The number of ether oxygens (including phenoxy) is 4. The molecule has 52 heavy (non-hydrogen) atoms. The van der Waals surface area contributed by atoms with E-state index in [-0.39, 0.29) is 0 Å². The van der Waals surface area contributed by atoms with Gasteiger partial charge in [0, 0.05) is 21.3 Å². The molecule has 0 radical (unpaired) electrons. The Bertz CT molecular complexity index is 1370. The van der Waals surface area contributed by atoms with Gasteiger partial charge in [-0.25, -0.2) is 0 Å². The first kappa shape index (κ1) is 44.4. The first-order valence-electron chi connectivity index (χ1n) is 18.2. The van der Waals surface area contributed by atoms with Crippen molar-refractivity contribution in [1.82, 2.24) is 0 Å². The van der Waals surface area contributed by atoms with Gasteiger partial charge in [0.1, 0.15) is 23.0 Å². The third kappa shape index (κ3) is 15.8. The number of benzene rings is 4. The molecular formula is C44H56Br4O4. The van der Waals surface area contributed by atoms with Gasteiger partial charge in [-0.2, -0.15) is 0 Å². The van der Waals surface area contributed by atoms with Crippen molar-refractivity contribution in [2.45, 2.75) is 51.4 Å². The molecule has 4 rings (SSSR count). The van der Waals surface area contributed by atoms with Crippen molar-refractivity contribution >= 4 is 63.7 Å². The van der Waals surface area contributed by atoms with E-state index in [2.05, 4.69) is 161 Å². The van der Waals surface area contributed by atoms with E-state index in [0.29, 0.717) is 23.7 Å². The average Bonchev–Trinajstić information content (AvgIpc) is 3.20. The Morgan fingerprint density at radius 3 is 0.788 bits per heavy atom. The van der Waals surface area contributed by atoms with E-state index >= 15 is 0 Å². The lowest BCUT2D eigenvalue weighted by atomic mass is 9.81. The highest BCUT2D eigenvalue weighted by Crippen LogP contribution is 2.31. The predicted octanol–water partition coefficient (Wildman–Crippen LogP) is 12.6. The monoisotopic (exact) mass is 964 g/mol. The fraction of sp³-hybridized carbons (Fsp3) is 0.455. The summed E-state index contributed by atoms with van der Waals surface area (Å²) in [5.74, 6) is 6.15. The van der Waals surface area contributed by atoms with Crippen LogP contribution in [0.5, 0.6) is 23.0 Å². The minimum atomic E-state index is 0.601. The molecule has 4 nitrogen and oxygen atoms in total.